The molecule has 0 aliphatic heterocycles. The average molecular weight is 259 g/mol. The quantitative estimate of drug-likeness (QED) is 0.742. The number of aromatic nitrogens is 1. The molecule has 2 aromatic rings. The predicted molar refractivity (Wildman–Crippen MR) is 62.5 cm³/mol. The van der Waals surface area contributed by atoms with Crippen LogP contribution in [0, 0.1) is 19.7 Å². The van der Waals surface area contributed by atoms with Crippen LogP contribution in [-0.2, 0) is 0 Å². The second-order valence-corrected chi connectivity index (χ2v) is 3.94. The Balaban J connectivity index is 0.00000144. The Kier molecular flexibility index (Phi) is 5.66. The number of aryl methyl sites for hydroxylation is 2. The third-order valence-electron chi connectivity index (χ3n) is 2.67. The van der Waals surface area contributed by atoms with Gasteiger partial charge in [0, 0.05) is 5.39 Å². The summed E-state index contributed by atoms with van der Waals surface area (Å²) in [5.41, 5.74) is 2.13. The molecule has 1 heterocycles. The summed E-state index contributed by atoms with van der Waals surface area (Å²) >= 11 is 0. The van der Waals surface area contributed by atoms with E-state index in [-0.39, 0.29) is 57.2 Å². The number of ether oxygens (including phenoxy) is 1. The number of hydrogen-bond acceptors (Lipinski definition) is 1. The molecular formula is C13H15FKNO. The second kappa shape index (κ2) is 6.34. The minimum Gasteiger partial charge on any atom is -0.658 e. The van der Waals surface area contributed by atoms with Gasteiger partial charge in [-0.25, -0.2) is 4.39 Å². The maximum Gasteiger partial charge on any atom is 1.00 e. The molecule has 4 heteroatoms. The monoisotopic (exact) mass is 259 g/mol. The van der Waals surface area contributed by atoms with Crippen molar-refractivity contribution in [2.45, 2.75) is 27.2 Å². The standard InChI is InChI=1S/C13H15FNO.K/c1-4-7-16-13-9(3)15-12-8(2)11(14)6-5-10(12)13;/h5-6H,4,7H2,1-3H3;/q-1;+1. The summed E-state index contributed by atoms with van der Waals surface area (Å²) in [7, 11) is 0. The molecule has 1 aromatic heterocycles. The first-order valence-corrected chi connectivity index (χ1v) is 5.50. The molecule has 0 saturated carbocycles. The molecule has 2 nitrogen and oxygen atoms in total. The molecule has 0 N–H and O–H groups in total. The summed E-state index contributed by atoms with van der Waals surface area (Å²) in [4.78, 5) is 4.36. The van der Waals surface area contributed by atoms with Gasteiger partial charge in [0.25, 0.3) is 0 Å². The van der Waals surface area contributed by atoms with Crippen molar-refractivity contribution in [2.75, 3.05) is 6.61 Å². The normalized spacial score (nSPS) is 10.4. The van der Waals surface area contributed by atoms with E-state index in [1.165, 1.54) is 6.07 Å². The maximum atomic E-state index is 13.4. The van der Waals surface area contributed by atoms with Gasteiger partial charge in [0.05, 0.1) is 6.61 Å². The van der Waals surface area contributed by atoms with Crippen LogP contribution in [0.3, 0.4) is 0 Å². The molecule has 17 heavy (non-hydrogen) atoms. The van der Waals surface area contributed by atoms with Gasteiger partial charge in [0.2, 0.25) is 0 Å². The first kappa shape index (κ1) is 15.2. The van der Waals surface area contributed by atoms with E-state index in [9.17, 15) is 4.39 Å². The van der Waals surface area contributed by atoms with Crippen LogP contribution in [-0.4, -0.2) is 6.61 Å². The fourth-order valence-corrected chi connectivity index (χ4v) is 1.80. The van der Waals surface area contributed by atoms with Gasteiger partial charge in [-0.05, 0) is 31.0 Å². The third-order valence-corrected chi connectivity index (χ3v) is 2.67. The smallest absolute Gasteiger partial charge is 0.658 e. The predicted octanol–water partition coefficient (Wildman–Crippen LogP) is 0.346. The van der Waals surface area contributed by atoms with Gasteiger partial charge in [-0.3, -0.25) is 0 Å². The second-order valence-electron chi connectivity index (χ2n) is 3.94. The van der Waals surface area contributed by atoms with Gasteiger partial charge in [0.15, 0.2) is 0 Å². The molecule has 0 amide bonds. The van der Waals surface area contributed by atoms with E-state index in [0.717, 1.165) is 23.3 Å². The molecule has 0 unspecified atom stereocenters. The van der Waals surface area contributed by atoms with E-state index in [0.29, 0.717) is 17.7 Å². The van der Waals surface area contributed by atoms with Crippen molar-refractivity contribution < 1.29 is 60.5 Å². The summed E-state index contributed by atoms with van der Waals surface area (Å²) < 4.78 is 19.0. The molecule has 0 fully saturated rings. The van der Waals surface area contributed by atoms with E-state index < -0.39 is 0 Å². The van der Waals surface area contributed by atoms with Gasteiger partial charge in [0.1, 0.15) is 11.6 Å². The van der Waals surface area contributed by atoms with E-state index in [1.54, 1.807) is 13.0 Å². The van der Waals surface area contributed by atoms with Gasteiger partial charge >= 0.3 is 51.4 Å². The fraction of sp³-hybridized carbons (Fsp3) is 0.385. The Hall–Kier alpha value is 0.126. The minimum absolute atomic E-state index is 0. The van der Waals surface area contributed by atoms with Crippen molar-refractivity contribution in [3.8, 4) is 5.75 Å². The molecule has 0 aliphatic carbocycles. The van der Waals surface area contributed by atoms with E-state index >= 15 is 0 Å². The van der Waals surface area contributed by atoms with Crippen LogP contribution in [0.1, 0.15) is 24.6 Å². The Morgan fingerprint density at radius 3 is 2.65 bits per heavy atom. The molecule has 2 rings (SSSR count). The summed E-state index contributed by atoms with van der Waals surface area (Å²) in [6.07, 6.45) is 0.951. The Morgan fingerprint density at radius 1 is 1.29 bits per heavy atom. The first-order valence-electron chi connectivity index (χ1n) is 5.50. The van der Waals surface area contributed by atoms with Crippen molar-refractivity contribution in [1.29, 1.82) is 0 Å². The minimum atomic E-state index is -0.216. The molecule has 86 valence electrons. The molecule has 0 bridgehead atoms. The fourth-order valence-electron chi connectivity index (χ4n) is 1.80. The van der Waals surface area contributed by atoms with Gasteiger partial charge in [-0.1, -0.05) is 13.8 Å². The Bertz CT molecular complexity index is 522. The van der Waals surface area contributed by atoms with Crippen molar-refractivity contribution >= 4 is 10.9 Å². The number of rotatable bonds is 3. The van der Waals surface area contributed by atoms with Crippen LogP contribution < -0.4 is 61.1 Å². The summed E-state index contributed by atoms with van der Waals surface area (Å²) in [5.74, 6) is 0.576. The molecule has 0 radical (unpaired) electrons. The van der Waals surface area contributed by atoms with Crippen molar-refractivity contribution in [3.63, 3.8) is 0 Å². The van der Waals surface area contributed by atoms with Crippen LogP contribution in [0.2, 0.25) is 0 Å². The maximum absolute atomic E-state index is 13.4. The number of hydrogen-bond donors (Lipinski definition) is 0. The zero-order chi connectivity index (χ0) is 11.7. The summed E-state index contributed by atoms with van der Waals surface area (Å²) in [6, 6.07) is 3.21. The van der Waals surface area contributed by atoms with Crippen LogP contribution in [0.15, 0.2) is 12.1 Å². The van der Waals surface area contributed by atoms with Crippen LogP contribution >= 0.6 is 0 Å². The van der Waals surface area contributed by atoms with E-state index in [2.05, 4.69) is 11.9 Å². The molecule has 0 spiro atoms. The topological polar surface area (TPSA) is 23.3 Å². The van der Waals surface area contributed by atoms with Crippen molar-refractivity contribution in [3.05, 3.63) is 29.2 Å². The third kappa shape index (κ3) is 2.93. The zero-order valence-electron chi connectivity index (χ0n) is 10.8. The number of benzene rings is 1. The van der Waals surface area contributed by atoms with Crippen molar-refractivity contribution in [1.82, 2.24) is 4.98 Å². The largest absolute Gasteiger partial charge is 1.00 e. The van der Waals surface area contributed by atoms with E-state index in [4.69, 9.17) is 4.74 Å². The molecular weight excluding hydrogens is 244 g/mol. The van der Waals surface area contributed by atoms with Crippen LogP contribution in [0.25, 0.3) is 10.9 Å². The van der Waals surface area contributed by atoms with Gasteiger partial charge < -0.3 is 9.72 Å². The van der Waals surface area contributed by atoms with Gasteiger partial charge in [-0.15, -0.1) is 11.2 Å². The average Bonchev–Trinajstić information content (AvgIpc) is 2.58. The number of nitrogens with zero attached hydrogens (tertiary/aromatic N) is 1. The Labute approximate surface area is 143 Å². The summed E-state index contributed by atoms with van der Waals surface area (Å²) in [5, 5.41) is 0.907. The zero-order valence-corrected chi connectivity index (χ0v) is 13.9. The van der Waals surface area contributed by atoms with Crippen LogP contribution in [0.4, 0.5) is 4.39 Å². The van der Waals surface area contributed by atoms with E-state index in [1.807, 2.05) is 6.92 Å². The van der Waals surface area contributed by atoms with Crippen LogP contribution in [0.5, 0.6) is 5.75 Å². The molecule has 1 aromatic carbocycles. The SMILES string of the molecule is CCCOc1c(C)[n-]c2c(C)c(F)ccc12.[K+]. The Morgan fingerprint density at radius 2 is 2.00 bits per heavy atom. The first-order chi connectivity index (χ1) is 7.65. The molecule has 0 aliphatic rings. The molecule has 0 atom stereocenters. The van der Waals surface area contributed by atoms with Crippen molar-refractivity contribution in [2.24, 2.45) is 0 Å². The summed E-state index contributed by atoms with van der Waals surface area (Å²) in [6.45, 7) is 6.35. The number of halogens is 1. The van der Waals surface area contributed by atoms with Gasteiger partial charge in [-0.2, -0.15) is 0 Å². The number of fused-ring (bicyclic) bond motifs is 1. The molecule has 0 saturated heterocycles.